The lowest BCUT2D eigenvalue weighted by Gasteiger charge is -2.28. The number of nitrogens with one attached hydrogen (secondary N) is 1. The number of fused-ring (bicyclic) bond motifs is 1. The summed E-state index contributed by atoms with van der Waals surface area (Å²) < 4.78 is 11.6. The molecule has 1 saturated carbocycles. The molecule has 3 nitrogen and oxygen atoms in total. The van der Waals surface area contributed by atoms with Crippen LogP contribution in [0.2, 0.25) is 0 Å². The fourth-order valence-corrected chi connectivity index (χ4v) is 3.75. The summed E-state index contributed by atoms with van der Waals surface area (Å²) in [6, 6.07) is 6.18. The lowest BCUT2D eigenvalue weighted by Crippen LogP contribution is -2.36. The maximum atomic E-state index is 6.18. The first-order valence-electron chi connectivity index (χ1n) is 8.90. The van der Waals surface area contributed by atoms with E-state index in [-0.39, 0.29) is 6.10 Å². The van der Waals surface area contributed by atoms with Crippen LogP contribution in [0, 0.1) is 5.92 Å². The van der Waals surface area contributed by atoms with Crippen LogP contribution in [0.3, 0.4) is 0 Å². The molecular formula is C19H29NO2. The van der Waals surface area contributed by atoms with Gasteiger partial charge in [-0.25, -0.2) is 0 Å². The smallest absolute Gasteiger partial charge is 0.164 e. The van der Waals surface area contributed by atoms with E-state index in [0.29, 0.717) is 0 Å². The molecule has 0 bridgehead atoms. The molecule has 0 saturated heterocycles. The van der Waals surface area contributed by atoms with E-state index >= 15 is 0 Å². The van der Waals surface area contributed by atoms with Crippen LogP contribution in [0.1, 0.15) is 50.5 Å². The van der Waals surface area contributed by atoms with E-state index < -0.39 is 0 Å². The molecule has 1 aliphatic heterocycles. The Kier molecular flexibility index (Phi) is 5.60. The van der Waals surface area contributed by atoms with Gasteiger partial charge in [0.2, 0.25) is 0 Å². The van der Waals surface area contributed by atoms with E-state index in [0.717, 1.165) is 43.3 Å². The zero-order valence-corrected chi connectivity index (χ0v) is 13.8. The van der Waals surface area contributed by atoms with Gasteiger partial charge < -0.3 is 14.8 Å². The highest BCUT2D eigenvalue weighted by atomic mass is 16.5. The second-order valence-electron chi connectivity index (χ2n) is 6.74. The predicted octanol–water partition coefficient (Wildman–Crippen LogP) is 3.95. The van der Waals surface area contributed by atoms with Crippen LogP contribution in [-0.4, -0.2) is 26.3 Å². The van der Waals surface area contributed by atoms with E-state index in [2.05, 4.69) is 11.4 Å². The highest BCUT2D eigenvalue weighted by Crippen LogP contribution is 2.36. The van der Waals surface area contributed by atoms with Crippen LogP contribution in [0.5, 0.6) is 11.5 Å². The third kappa shape index (κ3) is 3.95. The van der Waals surface area contributed by atoms with E-state index in [4.69, 9.17) is 9.47 Å². The van der Waals surface area contributed by atoms with Crippen molar-refractivity contribution in [3.63, 3.8) is 0 Å². The van der Waals surface area contributed by atoms with E-state index in [1.165, 1.54) is 44.1 Å². The van der Waals surface area contributed by atoms with Gasteiger partial charge in [0.1, 0.15) is 6.10 Å². The fraction of sp³-hybridized carbons (Fsp3) is 0.684. The van der Waals surface area contributed by atoms with Gasteiger partial charge in [0.25, 0.3) is 0 Å². The topological polar surface area (TPSA) is 30.5 Å². The van der Waals surface area contributed by atoms with E-state index in [9.17, 15) is 0 Å². The predicted molar refractivity (Wildman–Crippen MR) is 89.8 cm³/mol. The molecule has 1 aliphatic carbocycles. The Morgan fingerprint density at radius 1 is 1.09 bits per heavy atom. The zero-order valence-electron chi connectivity index (χ0n) is 13.8. The minimum absolute atomic E-state index is 0.273. The van der Waals surface area contributed by atoms with Gasteiger partial charge in [0, 0.05) is 6.54 Å². The van der Waals surface area contributed by atoms with Crippen LogP contribution in [0.4, 0.5) is 0 Å². The number of rotatable bonds is 5. The summed E-state index contributed by atoms with van der Waals surface area (Å²) in [5.41, 5.74) is 1.28. The molecule has 1 atom stereocenters. The van der Waals surface area contributed by atoms with Gasteiger partial charge >= 0.3 is 0 Å². The lowest BCUT2D eigenvalue weighted by molar-refractivity contribution is 0.161. The van der Waals surface area contributed by atoms with Crippen molar-refractivity contribution in [2.24, 2.45) is 5.92 Å². The maximum absolute atomic E-state index is 6.18. The molecule has 22 heavy (non-hydrogen) atoms. The van der Waals surface area contributed by atoms with Crippen molar-refractivity contribution in [2.75, 3.05) is 20.2 Å². The average Bonchev–Trinajstić information content (AvgIpc) is 2.83. The monoisotopic (exact) mass is 303 g/mol. The van der Waals surface area contributed by atoms with Crippen LogP contribution in [0.25, 0.3) is 0 Å². The quantitative estimate of drug-likeness (QED) is 0.836. The molecule has 0 spiro atoms. The molecule has 1 fully saturated rings. The van der Waals surface area contributed by atoms with Crippen LogP contribution in [0.15, 0.2) is 18.2 Å². The molecule has 1 aromatic carbocycles. The fourth-order valence-electron chi connectivity index (χ4n) is 3.75. The molecule has 122 valence electrons. The lowest BCUT2D eigenvalue weighted by atomic mass is 9.99. The normalized spacial score (nSPS) is 22.5. The molecule has 2 aliphatic rings. The number of hydrogen-bond donors (Lipinski definition) is 1. The molecule has 3 rings (SSSR count). The third-order valence-corrected chi connectivity index (χ3v) is 5.08. The number of aryl methyl sites for hydroxylation is 1. The number of methoxy groups -OCH3 is 1. The highest BCUT2D eigenvalue weighted by Gasteiger charge is 2.22. The third-order valence-electron chi connectivity index (χ3n) is 5.08. The van der Waals surface area contributed by atoms with Gasteiger partial charge in [-0.1, -0.05) is 37.8 Å². The summed E-state index contributed by atoms with van der Waals surface area (Å²) in [7, 11) is 1.72. The summed E-state index contributed by atoms with van der Waals surface area (Å²) in [6.45, 7) is 2.10. The Labute approximate surface area is 134 Å². The molecule has 1 N–H and O–H groups in total. The molecule has 0 radical (unpaired) electrons. The first-order valence-corrected chi connectivity index (χ1v) is 8.90. The number of hydrogen-bond acceptors (Lipinski definition) is 3. The Morgan fingerprint density at radius 2 is 1.91 bits per heavy atom. The van der Waals surface area contributed by atoms with E-state index in [1.54, 1.807) is 7.11 Å². The summed E-state index contributed by atoms with van der Waals surface area (Å²) in [5, 5.41) is 3.66. The number of benzene rings is 1. The Hall–Kier alpha value is -1.22. The second-order valence-corrected chi connectivity index (χ2v) is 6.74. The van der Waals surface area contributed by atoms with Crippen molar-refractivity contribution in [2.45, 2.75) is 57.5 Å². The van der Waals surface area contributed by atoms with Gasteiger partial charge in [-0.15, -0.1) is 0 Å². The SMILES string of the molecule is COc1cccc2c1O[C@H](CNCC1CCCCCC1)CC2. The van der Waals surface area contributed by atoms with Crippen molar-refractivity contribution in [1.29, 1.82) is 0 Å². The van der Waals surface area contributed by atoms with Gasteiger partial charge in [-0.05, 0) is 49.8 Å². The Morgan fingerprint density at radius 3 is 2.68 bits per heavy atom. The second kappa shape index (κ2) is 7.87. The van der Waals surface area contributed by atoms with Crippen molar-refractivity contribution in [3.8, 4) is 11.5 Å². The average molecular weight is 303 g/mol. The highest BCUT2D eigenvalue weighted by molar-refractivity contribution is 5.47. The molecule has 0 unspecified atom stereocenters. The number of ether oxygens (including phenoxy) is 2. The Bertz CT molecular complexity index is 452. The molecule has 1 heterocycles. The first-order chi connectivity index (χ1) is 10.9. The molecule has 3 heteroatoms. The minimum Gasteiger partial charge on any atom is -0.493 e. The summed E-state index contributed by atoms with van der Waals surface area (Å²) >= 11 is 0. The van der Waals surface area contributed by atoms with Crippen molar-refractivity contribution in [3.05, 3.63) is 23.8 Å². The standard InChI is InChI=1S/C19H29NO2/c1-21-18-10-6-9-16-11-12-17(22-19(16)18)14-20-13-15-7-4-2-3-5-8-15/h6,9-10,15,17,20H,2-5,7-8,11-14H2,1H3/t17-/m0/s1. The van der Waals surface area contributed by atoms with Crippen LogP contribution >= 0.6 is 0 Å². The molecule has 0 aromatic heterocycles. The minimum atomic E-state index is 0.273. The molecule has 1 aromatic rings. The van der Waals surface area contributed by atoms with Gasteiger partial charge in [0.05, 0.1) is 7.11 Å². The Balaban J connectivity index is 1.48. The van der Waals surface area contributed by atoms with Gasteiger partial charge in [-0.2, -0.15) is 0 Å². The van der Waals surface area contributed by atoms with Gasteiger partial charge in [0.15, 0.2) is 11.5 Å². The molecular weight excluding hydrogens is 274 g/mol. The summed E-state index contributed by atoms with van der Waals surface area (Å²) in [4.78, 5) is 0. The van der Waals surface area contributed by atoms with E-state index in [1.807, 2.05) is 12.1 Å². The summed E-state index contributed by atoms with van der Waals surface area (Å²) in [5.74, 6) is 2.69. The summed E-state index contributed by atoms with van der Waals surface area (Å²) in [6.07, 6.45) is 10.9. The number of para-hydroxylation sites is 1. The first kappa shape index (κ1) is 15.7. The van der Waals surface area contributed by atoms with Crippen molar-refractivity contribution in [1.82, 2.24) is 5.32 Å². The maximum Gasteiger partial charge on any atom is 0.164 e. The van der Waals surface area contributed by atoms with Crippen molar-refractivity contribution >= 4 is 0 Å². The van der Waals surface area contributed by atoms with Crippen LogP contribution < -0.4 is 14.8 Å². The largest absolute Gasteiger partial charge is 0.493 e. The van der Waals surface area contributed by atoms with Crippen molar-refractivity contribution < 1.29 is 9.47 Å². The molecule has 0 amide bonds. The van der Waals surface area contributed by atoms with Gasteiger partial charge in [-0.3, -0.25) is 0 Å². The zero-order chi connectivity index (χ0) is 15.2. The van der Waals surface area contributed by atoms with Crippen LogP contribution in [-0.2, 0) is 6.42 Å².